The lowest BCUT2D eigenvalue weighted by atomic mass is 9.94. The molecule has 0 amide bonds. The van der Waals surface area contributed by atoms with Crippen LogP contribution in [0.1, 0.15) is 52.9 Å². The van der Waals surface area contributed by atoms with Crippen molar-refractivity contribution in [3.05, 3.63) is 12.2 Å². The van der Waals surface area contributed by atoms with Crippen molar-refractivity contribution in [2.24, 2.45) is 5.92 Å². The Kier molecular flexibility index (Phi) is 3.95. The van der Waals surface area contributed by atoms with Crippen LogP contribution in [-0.4, -0.2) is 11.6 Å². The highest BCUT2D eigenvalue weighted by molar-refractivity contribution is 5.87. The first-order valence-electron chi connectivity index (χ1n) is 5.88. The van der Waals surface area contributed by atoms with E-state index in [0.29, 0.717) is 11.5 Å². The van der Waals surface area contributed by atoms with E-state index < -0.39 is 0 Å². The second kappa shape index (κ2) is 4.82. The molecule has 1 rings (SSSR count). The molecular formula is C13H22O2. The van der Waals surface area contributed by atoms with Crippen LogP contribution in [0.25, 0.3) is 0 Å². The normalized spacial score (nSPS) is 30.2. The van der Waals surface area contributed by atoms with Gasteiger partial charge in [-0.25, -0.2) is 4.79 Å². The number of esters is 1. The van der Waals surface area contributed by atoms with Crippen molar-refractivity contribution in [1.29, 1.82) is 0 Å². The fourth-order valence-corrected chi connectivity index (χ4v) is 2.46. The number of carbonyl (C=O) groups excluding carboxylic acids is 1. The highest BCUT2D eigenvalue weighted by Gasteiger charge is 2.40. The molecule has 15 heavy (non-hydrogen) atoms. The maximum atomic E-state index is 11.6. The summed E-state index contributed by atoms with van der Waals surface area (Å²) < 4.78 is 5.63. The molecule has 0 aromatic carbocycles. The van der Waals surface area contributed by atoms with E-state index in [1.54, 1.807) is 6.92 Å². The van der Waals surface area contributed by atoms with Crippen molar-refractivity contribution in [1.82, 2.24) is 0 Å². The summed E-state index contributed by atoms with van der Waals surface area (Å²) in [6.45, 7) is 9.71. The molecule has 0 N–H and O–H groups in total. The minimum Gasteiger partial charge on any atom is -0.456 e. The molecule has 1 aliphatic carbocycles. The summed E-state index contributed by atoms with van der Waals surface area (Å²) >= 11 is 0. The summed E-state index contributed by atoms with van der Waals surface area (Å²) in [5.74, 6) is 0.451. The Morgan fingerprint density at radius 2 is 2.27 bits per heavy atom. The number of carbonyl (C=O) groups is 1. The van der Waals surface area contributed by atoms with Crippen LogP contribution in [0, 0.1) is 5.92 Å². The third-order valence-corrected chi connectivity index (χ3v) is 3.18. The van der Waals surface area contributed by atoms with Gasteiger partial charge >= 0.3 is 5.97 Å². The number of hydrogen-bond acceptors (Lipinski definition) is 2. The molecular weight excluding hydrogens is 188 g/mol. The molecule has 0 heterocycles. The standard InChI is InChI=1S/C13H22O2/c1-5-7-13(8-6-11(4)9-13)15-12(14)10(2)3/h11H,2,5-9H2,1,3-4H3. The maximum absolute atomic E-state index is 11.6. The van der Waals surface area contributed by atoms with E-state index in [4.69, 9.17) is 4.74 Å². The minimum atomic E-state index is -0.224. The molecule has 2 atom stereocenters. The first-order valence-corrected chi connectivity index (χ1v) is 5.88. The lowest BCUT2D eigenvalue weighted by molar-refractivity contribution is -0.155. The van der Waals surface area contributed by atoms with Crippen LogP contribution in [-0.2, 0) is 9.53 Å². The van der Waals surface area contributed by atoms with Crippen molar-refractivity contribution in [2.45, 2.75) is 58.5 Å². The van der Waals surface area contributed by atoms with E-state index in [9.17, 15) is 4.79 Å². The molecule has 1 saturated carbocycles. The van der Waals surface area contributed by atoms with Gasteiger partial charge in [0.05, 0.1) is 0 Å². The van der Waals surface area contributed by atoms with Crippen LogP contribution < -0.4 is 0 Å². The molecule has 2 heteroatoms. The summed E-state index contributed by atoms with van der Waals surface area (Å²) in [4.78, 5) is 11.6. The zero-order valence-electron chi connectivity index (χ0n) is 10.1. The van der Waals surface area contributed by atoms with Gasteiger partial charge in [0.25, 0.3) is 0 Å². The van der Waals surface area contributed by atoms with Gasteiger partial charge in [-0.15, -0.1) is 0 Å². The molecule has 0 aromatic heterocycles. The summed E-state index contributed by atoms with van der Waals surface area (Å²) in [6.07, 6.45) is 5.25. The van der Waals surface area contributed by atoms with Crippen LogP contribution in [0.4, 0.5) is 0 Å². The van der Waals surface area contributed by atoms with E-state index in [-0.39, 0.29) is 11.6 Å². The summed E-state index contributed by atoms with van der Waals surface area (Å²) in [6, 6.07) is 0. The highest BCUT2D eigenvalue weighted by atomic mass is 16.6. The first-order chi connectivity index (χ1) is 6.99. The largest absolute Gasteiger partial charge is 0.456 e. The number of hydrogen-bond donors (Lipinski definition) is 0. The molecule has 2 nitrogen and oxygen atoms in total. The van der Waals surface area contributed by atoms with E-state index in [0.717, 1.165) is 25.7 Å². The average molecular weight is 210 g/mol. The van der Waals surface area contributed by atoms with Gasteiger partial charge in [0.2, 0.25) is 0 Å². The van der Waals surface area contributed by atoms with Crippen molar-refractivity contribution in [3.8, 4) is 0 Å². The smallest absolute Gasteiger partial charge is 0.333 e. The predicted molar refractivity (Wildman–Crippen MR) is 61.6 cm³/mol. The lowest BCUT2D eigenvalue weighted by Crippen LogP contribution is -2.32. The zero-order chi connectivity index (χ0) is 11.5. The summed E-state index contributed by atoms with van der Waals surface area (Å²) in [7, 11) is 0. The van der Waals surface area contributed by atoms with E-state index in [1.807, 2.05) is 0 Å². The minimum absolute atomic E-state index is 0.190. The van der Waals surface area contributed by atoms with Gasteiger partial charge in [0, 0.05) is 5.57 Å². The van der Waals surface area contributed by atoms with Gasteiger partial charge in [-0.3, -0.25) is 0 Å². The fourth-order valence-electron chi connectivity index (χ4n) is 2.46. The zero-order valence-corrected chi connectivity index (χ0v) is 10.1. The van der Waals surface area contributed by atoms with Crippen molar-refractivity contribution >= 4 is 5.97 Å². The van der Waals surface area contributed by atoms with Crippen LogP contribution in [0.15, 0.2) is 12.2 Å². The Hall–Kier alpha value is -0.790. The van der Waals surface area contributed by atoms with E-state index in [1.165, 1.54) is 6.42 Å². The van der Waals surface area contributed by atoms with E-state index >= 15 is 0 Å². The highest BCUT2D eigenvalue weighted by Crippen LogP contribution is 2.40. The van der Waals surface area contributed by atoms with Crippen LogP contribution >= 0.6 is 0 Å². The van der Waals surface area contributed by atoms with Crippen LogP contribution in [0.5, 0.6) is 0 Å². The second-order valence-corrected chi connectivity index (χ2v) is 4.95. The number of rotatable bonds is 4. The third kappa shape index (κ3) is 3.08. The second-order valence-electron chi connectivity index (χ2n) is 4.95. The van der Waals surface area contributed by atoms with Gasteiger partial charge in [-0.1, -0.05) is 26.8 Å². The Balaban J connectivity index is 2.66. The molecule has 0 spiro atoms. The first kappa shape index (κ1) is 12.3. The Morgan fingerprint density at radius 3 is 2.67 bits per heavy atom. The quantitative estimate of drug-likeness (QED) is 0.524. The van der Waals surface area contributed by atoms with Crippen molar-refractivity contribution in [3.63, 3.8) is 0 Å². The lowest BCUT2D eigenvalue weighted by Gasteiger charge is -2.29. The Morgan fingerprint density at radius 1 is 1.60 bits per heavy atom. The topological polar surface area (TPSA) is 26.3 Å². The van der Waals surface area contributed by atoms with Gasteiger partial charge < -0.3 is 4.74 Å². The van der Waals surface area contributed by atoms with Gasteiger partial charge in [0.1, 0.15) is 5.60 Å². The maximum Gasteiger partial charge on any atom is 0.333 e. The molecule has 0 bridgehead atoms. The third-order valence-electron chi connectivity index (χ3n) is 3.18. The Labute approximate surface area is 92.7 Å². The summed E-state index contributed by atoms with van der Waals surface area (Å²) in [5.41, 5.74) is 0.314. The molecule has 1 fully saturated rings. The molecule has 1 aliphatic rings. The van der Waals surface area contributed by atoms with Crippen molar-refractivity contribution in [2.75, 3.05) is 0 Å². The molecule has 86 valence electrons. The van der Waals surface area contributed by atoms with Gasteiger partial charge in [-0.05, 0) is 38.5 Å². The molecule has 0 saturated heterocycles. The molecule has 0 aromatic rings. The van der Waals surface area contributed by atoms with Crippen LogP contribution in [0.3, 0.4) is 0 Å². The van der Waals surface area contributed by atoms with Gasteiger partial charge in [-0.2, -0.15) is 0 Å². The van der Waals surface area contributed by atoms with Gasteiger partial charge in [0.15, 0.2) is 0 Å². The molecule has 0 aliphatic heterocycles. The SMILES string of the molecule is C=C(C)C(=O)OC1(CCC)CCC(C)C1. The monoisotopic (exact) mass is 210 g/mol. The molecule has 0 radical (unpaired) electrons. The average Bonchev–Trinajstić information content (AvgIpc) is 2.48. The fraction of sp³-hybridized carbons (Fsp3) is 0.769. The number of ether oxygens (including phenoxy) is 1. The van der Waals surface area contributed by atoms with E-state index in [2.05, 4.69) is 20.4 Å². The summed E-state index contributed by atoms with van der Waals surface area (Å²) in [5, 5.41) is 0. The predicted octanol–water partition coefficient (Wildman–Crippen LogP) is 3.46. The van der Waals surface area contributed by atoms with Crippen molar-refractivity contribution < 1.29 is 9.53 Å². The van der Waals surface area contributed by atoms with Crippen LogP contribution in [0.2, 0.25) is 0 Å². The Bertz CT molecular complexity index is 253. The molecule has 2 unspecified atom stereocenters.